The van der Waals surface area contributed by atoms with Crippen LogP contribution in [-0.4, -0.2) is 17.1 Å². The number of nitrogens with two attached hydrogens (primary N) is 1. The Morgan fingerprint density at radius 1 is 1.44 bits per heavy atom. The van der Waals surface area contributed by atoms with Crippen molar-refractivity contribution in [3.05, 3.63) is 30.1 Å². The van der Waals surface area contributed by atoms with Crippen LogP contribution in [0.15, 0.2) is 24.5 Å². The smallest absolute Gasteiger partial charge is 0.0732 e. The van der Waals surface area contributed by atoms with Crippen LogP contribution in [0.2, 0.25) is 0 Å². The first-order chi connectivity index (χ1) is 7.14. The molecular formula is C12H19ClN2O. The molecule has 90 valence electrons. The molecule has 0 bridgehead atoms. The van der Waals surface area contributed by atoms with Crippen molar-refractivity contribution in [2.24, 2.45) is 17.6 Å². The fourth-order valence-electron chi connectivity index (χ4n) is 1.99. The molecule has 2 N–H and O–H groups in total. The van der Waals surface area contributed by atoms with Crippen LogP contribution in [0.4, 0.5) is 0 Å². The zero-order valence-electron chi connectivity index (χ0n) is 9.72. The lowest BCUT2D eigenvalue weighted by molar-refractivity contribution is 0.0958. The van der Waals surface area contributed by atoms with E-state index < -0.39 is 0 Å². The molecule has 4 heteroatoms. The molecule has 1 aliphatic carbocycles. The number of ether oxygens (including phenoxy) is 1. The van der Waals surface area contributed by atoms with E-state index in [1.807, 2.05) is 18.3 Å². The van der Waals surface area contributed by atoms with Crippen LogP contribution in [0.3, 0.4) is 0 Å². The minimum absolute atomic E-state index is 0. The summed E-state index contributed by atoms with van der Waals surface area (Å²) in [7, 11) is 0. The molecule has 2 atom stereocenters. The van der Waals surface area contributed by atoms with Crippen LogP contribution in [0, 0.1) is 11.8 Å². The van der Waals surface area contributed by atoms with Crippen molar-refractivity contribution < 1.29 is 4.74 Å². The van der Waals surface area contributed by atoms with E-state index in [1.165, 1.54) is 0 Å². The second kappa shape index (κ2) is 5.13. The third-order valence-electron chi connectivity index (χ3n) is 3.68. The van der Waals surface area contributed by atoms with Gasteiger partial charge in [-0.2, -0.15) is 0 Å². The highest BCUT2D eigenvalue weighted by Gasteiger charge is 2.56. The molecule has 2 rings (SSSR count). The third kappa shape index (κ3) is 2.54. The van der Waals surface area contributed by atoms with Crippen molar-refractivity contribution in [2.75, 3.05) is 6.61 Å². The van der Waals surface area contributed by atoms with Gasteiger partial charge in [0.05, 0.1) is 13.2 Å². The Bertz CT molecular complexity index is 323. The summed E-state index contributed by atoms with van der Waals surface area (Å²) >= 11 is 0. The van der Waals surface area contributed by atoms with Gasteiger partial charge in [-0.3, -0.25) is 4.98 Å². The molecule has 2 unspecified atom stereocenters. The van der Waals surface area contributed by atoms with Gasteiger partial charge >= 0.3 is 0 Å². The molecule has 0 radical (unpaired) electrons. The molecular weight excluding hydrogens is 224 g/mol. The highest BCUT2D eigenvalue weighted by Crippen LogP contribution is 2.47. The van der Waals surface area contributed by atoms with Crippen molar-refractivity contribution in [2.45, 2.75) is 26.0 Å². The van der Waals surface area contributed by atoms with Gasteiger partial charge in [0.2, 0.25) is 0 Å². The average Bonchev–Trinajstić information content (AvgIpc) is 2.72. The van der Waals surface area contributed by atoms with Gasteiger partial charge in [0.25, 0.3) is 0 Å². The van der Waals surface area contributed by atoms with Crippen LogP contribution < -0.4 is 5.73 Å². The summed E-state index contributed by atoms with van der Waals surface area (Å²) in [6, 6.07) is 3.93. The summed E-state index contributed by atoms with van der Waals surface area (Å²) in [4.78, 5) is 4.03. The summed E-state index contributed by atoms with van der Waals surface area (Å²) in [5.74, 6) is 1.15. The Kier molecular flexibility index (Phi) is 4.30. The molecule has 0 amide bonds. The van der Waals surface area contributed by atoms with E-state index in [-0.39, 0.29) is 17.9 Å². The van der Waals surface area contributed by atoms with Crippen molar-refractivity contribution >= 4 is 12.4 Å². The lowest BCUT2D eigenvalue weighted by atomic mass is 10.2. The Morgan fingerprint density at radius 3 is 2.62 bits per heavy atom. The molecule has 1 aliphatic rings. The van der Waals surface area contributed by atoms with E-state index in [2.05, 4.69) is 18.8 Å². The summed E-state index contributed by atoms with van der Waals surface area (Å²) in [5.41, 5.74) is 7.16. The molecule has 3 nitrogen and oxygen atoms in total. The number of nitrogens with zero attached hydrogens (tertiary/aromatic N) is 1. The summed E-state index contributed by atoms with van der Waals surface area (Å²) < 4.78 is 5.62. The zero-order valence-corrected chi connectivity index (χ0v) is 10.5. The number of hydrogen-bond acceptors (Lipinski definition) is 3. The summed E-state index contributed by atoms with van der Waals surface area (Å²) in [6.07, 6.45) is 3.59. The maximum absolute atomic E-state index is 6.16. The third-order valence-corrected chi connectivity index (χ3v) is 3.68. The van der Waals surface area contributed by atoms with Crippen LogP contribution in [0.25, 0.3) is 0 Å². The summed E-state index contributed by atoms with van der Waals surface area (Å²) in [5, 5.41) is 0. The highest BCUT2D eigenvalue weighted by molar-refractivity contribution is 5.85. The normalized spacial score (nSPS) is 31.9. The van der Waals surface area contributed by atoms with Crippen molar-refractivity contribution in [1.29, 1.82) is 0 Å². The van der Waals surface area contributed by atoms with Crippen LogP contribution in [0.1, 0.15) is 19.4 Å². The van der Waals surface area contributed by atoms with Gasteiger partial charge in [0, 0.05) is 17.9 Å². The van der Waals surface area contributed by atoms with Crippen LogP contribution in [0.5, 0.6) is 0 Å². The van der Waals surface area contributed by atoms with Crippen LogP contribution in [-0.2, 0) is 11.3 Å². The molecule has 16 heavy (non-hydrogen) atoms. The van der Waals surface area contributed by atoms with Gasteiger partial charge in [-0.15, -0.1) is 12.4 Å². The topological polar surface area (TPSA) is 48.1 Å². The first-order valence-electron chi connectivity index (χ1n) is 5.40. The van der Waals surface area contributed by atoms with E-state index in [0.717, 1.165) is 5.56 Å². The Labute approximate surface area is 103 Å². The second-order valence-electron chi connectivity index (χ2n) is 4.54. The summed E-state index contributed by atoms with van der Waals surface area (Å²) in [6.45, 7) is 5.60. The maximum Gasteiger partial charge on any atom is 0.0732 e. The van der Waals surface area contributed by atoms with Gasteiger partial charge in [0.15, 0.2) is 0 Å². The predicted octanol–water partition coefficient (Wildman–Crippen LogP) is 2.00. The molecule has 1 aromatic rings. The van der Waals surface area contributed by atoms with Gasteiger partial charge in [0.1, 0.15) is 0 Å². The van der Waals surface area contributed by atoms with Gasteiger partial charge < -0.3 is 10.5 Å². The number of hydrogen-bond donors (Lipinski definition) is 1. The number of halogens is 1. The fourth-order valence-corrected chi connectivity index (χ4v) is 1.99. The van der Waals surface area contributed by atoms with Crippen molar-refractivity contribution in [3.8, 4) is 0 Å². The SMILES string of the molecule is CC1C(C)C1(N)COCc1cccnc1.Cl. The molecule has 0 aromatic carbocycles. The van der Waals surface area contributed by atoms with Crippen molar-refractivity contribution in [1.82, 2.24) is 4.98 Å². The lowest BCUT2D eigenvalue weighted by Gasteiger charge is -2.11. The Morgan fingerprint density at radius 2 is 2.12 bits per heavy atom. The average molecular weight is 243 g/mol. The monoisotopic (exact) mass is 242 g/mol. The maximum atomic E-state index is 6.16. The lowest BCUT2D eigenvalue weighted by Crippen LogP contribution is -2.32. The van der Waals surface area contributed by atoms with Gasteiger partial charge in [-0.05, 0) is 23.5 Å². The first kappa shape index (κ1) is 13.4. The van der Waals surface area contributed by atoms with E-state index in [4.69, 9.17) is 10.5 Å². The van der Waals surface area contributed by atoms with E-state index in [1.54, 1.807) is 6.20 Å². The highest BCUT2D eigenvalue weighted by atomic mass is 35.5. The van der Waals surface area contributed by atoms with E-state index >= 15 is 0 Å². The second-order valence-corrected chi connectivity index (χ2v) is 4.54. The van der Waals surface area contributed by atoms with Crippen LogP contribution >= 0.6 is 12.4 Å². The number of pyridine rings is 1. The minimum Gasteiger partial charge on any atom is -0.375 e. The number of aromatic nitrogens is 1. The minimum atomic E-state index is -0.0950. The molecule has 0 spiro atoms. The molecule has 1 saturated carbocycles. The quantitative estimate of drug-likeness (QED) is 0.879. The molecule has 1 aromatic heterocycles. The molecule has 0 aliphatic heterocycles. The molecule has 1 heterocycles. The van der Waals surface area contributed by atoms with E-state index in [9.17, 15) is 0 Å². The fraction of sp³-hybridized carbons (Fsp3) is 0.583. The molecule has 1 fully saturated rings. The zero-order chi connectivity index (χ0) is 10.9. The predicted molar refractivity (Wildman–Crippen MR) is 66.4 cm³/mol. The largest absolute Gasteiger partial charge is 0.375 e. The Hall–Kier alpha value is -0.640. The van der Waals surface area contributed by atoms with Gasteiger partial charge in [-0.1, -0.05) is 19.9 Å². The molecule has 0 saturated heterocycles. The van der Waals surface area contributed by atoms with Gasteiger partial charge in [-0.25, -0.2) is 0 Å². The Balaban J connectivity index is 0.00000128. The standard InChI is InChI=1S/C12H18N2O.ClH/c1-9-10(2)12(9,13)8-15-7-11-4-3-5-14-6-11;/h3-6,9-10H,7-8,13H2,1-2H3;1H. The first-order valence-corrected chi connectivity index (χ1v) is 5.40. The number of rotatable bonds is 4. The van der Waals surface area contributed by atoms with Crippen molar-refractivity contribution in [3.63, 3.8) is 0 Å². The van der Waals surface area contributed by atoms with E-state index in [0.29, 0.717) is 25.0 Å².